The molecule has 1 aromatic carbocycles. The summed E-state index contributed by atoms with van der Waals surface area (Å²) in [5.41, 5.74) is 1.34. The molecule has 0 spiro atoms. The van der Waals surface area contributed by atoms with Gasteiger partial charge < -0.3 is 13.9 Å². The molecule has 1 aromatic heterocycles. The van der Waals surface area contributed by atoms with Crippen LogP contribution in [0.15, 0.2) is 22.6 Å². The molecule has 25 heavy (non-hydrogen) atoms. The number of carbonyl (C=O) groups excluding carboxylic acids is 1. The number of anilines is 1. The van der Waals surface area contributed by atoms with Crippen molar-refractivity contribution in [1.29, 1.82) is 0 Å². The lowest BCUT2D eigenvalue weighted by Gasteiger charge is -2.33. The summed E-state index contributed by atoms with van der Waals surface area (Å²) in [4.78, 5) is 19.3. The van der Waals surface area contributed by atoms with E-state index < -0.39 is 0 Å². The summed E-state index contributed by atoms with van der Waals surface area (Å²) >= 11 is 0. The van der Waals surface area contributed by atoms with Crippen LogP contribution in [-0.2, 0) is 6.42 Å². The van der Waals surface area contributed by atoms with Crippen molar-refractivity contribution >= 4 is 11.6 Å². The van der Waals surface area contributed by atoms with E-state index in [2.05, 4.69) is 4.98 Å². The fourth-order valence-electron chi connectivity index (χ4n) is 3.17. The van der Waals surface area contributed by atoms with E-state index >= 15 is 0 Å². The number of ether oxygens (including phenoxy) is 2. The lowest BCUT2D eigenvalue weighted by Crippen LogP contribution is -2.42. The van der Waals surface area contributed by atoms with Crippen molar-refractivity contribution in [2.45, 2.75) is 39.2 Å². The largest absolute Gasteiger partial charge is 0.497 e. The van der Waals surface area contributed by atoms with Gasteiger partial charge >= 0.3 is 0 Å². The van der Waals surface area contributed by atoms with Crippen LogP contribution in [0, 0.1) is 12.8 Å². The Morgan fingerprint density at radius 3 is 2.92 bits per heavy atom. The second kappa shape index (κ2) is 6.10. The monoisotopic (exact) mass is 342 g/mol. The molecule has 1 aliphatic heterocycles. The highest BCUT2D eigenvalue weighted by Gasteiger charge is 2.33. The standard InChI is InChI=1S/C19H22N2O4/c1-11-10-21(15-9-14(23-3)6-7-16(15)24-11)19(22)18-12(2)20-17(25-18)8-13-4-5-13/h6-7,9,11,13H,4-5,8,10H2,1-3H3. The van der Waals surface area contributed by atoms with Gasteiger partial charge in [0, 0.05) is 12.5 Å². The molecule has 1 saturated carbocycles. The second-order valence-corrected chi connectivity index (χ2v) is 6.85. The molecule has 0 radical (unpaired) electrons. The van der Waals surface area contributed by atoms with E-state index in [1.165, 1.54) is 12.8 Å². The third-order valence-electron chi connectivity index (χ3n) is 4.67. The van der Waals surface area contributed by atoms with Crippen LogP contribution >= 0.6 is 0 Å². The van der Waals surface area contributed by atoms with Crippen LogP contribution in [0.2, 0.25) is 0 Å². The number of carbonyl (C=O) groups is 1. The van der Waals surface area contributed by atoms with Gasteiger partial charge in [-0.2, -0.15) is 0 Å². The number of aryl methyl sites for hydroxylation is 1. The minimum absolute atomic E-state index is 0.0981. The summed E-state index contributed by atoms with van der Waals surface area (Å²) < 4.78 is 17.0. The van der Waals surface area contributed by atoms with Gasteiger partial charge in [0.05, 0.1) is 25.0 Å². The van der Waals surface area contributed by atoms with Crippen molar-refractivity contribution in [3.05, 3.63) is 35.5 Å². The fourth-order valence-corrected chi connectivity index (χ4v) is 3.17. The van der Waals surface area contributed by atoms with Crippen molar-refractivity contribution in [3.8, 4) is 11.5 Å². The molecule has 132 valence electrons. The highest BCUT2D eigenvalue weighted by Crippen LogP contribution is 2.38. The zero-order valence-corrected chi connectivity index (χ0v) is 14.7. The third kappa shape index (κ3) is 3.08. The maximum absolute atomic E-state index is 13.1. The van der Waals surface area contributed by atoms with Crippen molar-refractivity contribution in [2.24, 2.45) is 5.92 Å². The Hall–Kier alpha value is -2.50. The van der Waals surface area contributed by atoms with Crippen molar-refractivity contribution < 1.29 is 18.7 Å². The molecule has 2 heterocycles. The highest BCUT2D eigenvalue weighted by atomic mass is 16.5. The predicted molar refractivity (Wildman–Crippen MR) is 92.4 cm³/mol. The highest BCUT2D eigenvalue weighted by molar-refractivity contribution is 6.06. The molecular formula is C19H22N2O4. The minimum Gasteiger partial charge on any atom is -0.497 e. The van der Waals surface area contributed by atoms with Gasteiger partial charge in [0.25, 0.3) is 5.91 Å². The lowest BCUT2D eigenvalue weighted by atomic mass is 10.1. The molecule has 1 fully saturated rings. The van der Waals surface area contributed by atoms with Crippen LogP contribution < -0.4 is 14.4 Å². The Morgan fingerprint density at radius 1 is 1.40 bits per heavy atom. The Bertz CT molecular complexity index is 810. The van der Waals surface area contributed by atoms with Gasteiger partial charge in [0.15, 0.2) is 5.89 Å². The van der Waals surface area contributed by atoms with E-state index in [-0.39, 0.29) is 12.0 Å². The normalized spacial score (nSPS) is 19.3. The molecule has 2 aliphatic rings. The fraction of sp³-hybridized carbons (Fsp3) is 0.474. The minimum atomic E-state index is -0.184. The van der Waals surface area contributed by atoms with Crippen LogP contribution in [-0.4, -0.2) is 30.6 Å². The molecule has 0 N–H and O–H groups in total. The van der Waals surface area contributed by atoms with E-state index in [1.54, 1.807) is 12.0 Å². The van der Waals surface area contributed by atoms with E-state index in [9.17, 15) is 4.79 Å². The van der Waals surface area contributed by atoms with E-state index in [0.717, 1.165) is 6.42 Å². The van der Waals surface area contributed by atoms with Crippen LogP contribution in [0.3, 0.4) is 0 Å². The number of nitrogens with zero attached hydrogens (tertiary/aromatic N) is 2. The van der Waals surface area contributed by atoms with Crippen molar-refractivity contribution in [2.75, 3.05) is 18.6 Å². The molecule has 1 unspecified atom stereocenters. The number of rotatable bonds is 4. The van der Waals surface area contributed by atoms with E-state index in [4.69, 9.17) is 13.9 Å². The first-order valence-electron chi connectivity index (χ1n) is 8.68. The predicted octanol–water partition coefficient (Wildman–Crippen LogP) is 3.37. The first-order chi connectivity index (χ1) is 12.0. The zero-order valence-electron chi connectivity index (χ0n) is 14.7. The quantitative estimate of drug-likeness (QED) is 0.852. The molecule has 4 rings (SSSR count). The topological polar surface area (TPSA) is 64.8 Å². The van der Waals surface area contributed by atoms with Crippen LogP contribution in [0.25, 0.3) is 0 Å². The number of benzene rings is 1. The molecule has 1 aliphatic carbocycles. The Morgan fingerprint density at radius 2 is 2.20 bits per heavy atom. The number of fused-ring (bicyclic) bond motifs is 1. The molecule has 0 saturated heterocycles. The smallest absolute Gasteiger partial charge is 0.296 e. The van der Waals surface area contributed by atoms with Crippen molar-refractivity contribution in [3.63, 3.8) is 0 Å². The van der Waals surface area contributed by atoms with Gasteiger partial charge in [-0.3, -0.25) is 9.69 Å². The number of hydrogen-bond acceptors (Lipinski definition) is 5. The van der Waals surface area contributed by atoms with E-state index in [1.807, 2.05) is 32.0 Å². The molecule has 6 nitrogen and oxygen atoms in total. The number of hydrogen-bond donors (Lipinski definition) is 0. The summed E-state index contributed by atoms with van der Waals surface area (Å²) in [7, 11) is 1.60. The Kier molecular flexibility index (Phi) is 3.90. The van der Waals surface area contributed by atoms with Gasteiger partial charge in [-0.1, -0.05) is 0 Å². The molecule has 1 atom stereocenters. The van der Waals surface area contributed by atoms with Gasteiger partial charge in [-0.05, 0) is 44.7 Å². The molecule has 6 heteroatoms. The summed E-state index contributed by atoms with van der Waals surface area (Å²) in [6.45, 7) is 4.22. The van der Waals surface area contributed by atoms with Crippen LogP contribution in [0.5, 0.6) is 11.5 Å². The van der Waals surface area contributed by atoms with Crippen LogP contribution in [0.1, 0.15) is 41.9 Å². The lowest BCUT2D eigenvalue weighted by molar-refractivity contribution is 0.0931. The van der Waals surface area contributed by atoms with Crippen LogP contribution in [0.4, 0.5) is 5.69 Å². The van der Waals surface area contributed by atoms with Gasteiger partial charge in [-0.15, -0.1) is 0 Å². The summed E-state index contributed by atoms with van der Waals surface area (Å²) in [6, 6.07) is 5.47. The number of aromatic nitrogens is 1. The van der Waals surface area contributed by atoms with Gasteiger partial charge in [0.2, 0.25) is 5.76 Å². The maximum Gasteiger partial charge on any atom is 0.296 e. The average Bonchev–Trinajstić information content (AvgIpc) is 3.34. The second-order valence-electron chi connectivity index (χ2n) is 6.85. The molecule has 2 aromatic rings. The summed E-state index contributed by atoms with van der Waals surface area (Å²) in [6.07, 6.45) is 3.16. The van der Waals surface area contributed by atoms with Crippen molar-refractivity contribution in [1.82, 2.24) is 4.98 Å². The number of methoxy groups -OCH3 is 1. The molecular weight excluding hydrogens is 320 g/mol. The third-order valence-corrected chi connectivity index (χ3v) is 4.67. The molecule has 0 bridgehead atoms. The van der Waals surface area contributed by atoms with E-state index in [0.29, 0.717) is 47.0 Å². The average molecular weight is 342 g/mol. The van der Waals surface area contributed by atoms with Gasteiger partial charge in [0.1, 0.15) is 17.6 Å². The Labute approximate surface area is 146 Å². The maximum atomic E-state index is 13.1. The number of amides is 1. The first kappa shape index (κ1) is 16.0. The molecule has 1 amide bonds. The summed E-state index contributed by atoms with van der Waals surface area (Å²) in [5.74, 6) is 2.81. The zero-order chi connectivity index (χ0) is 17.6. The number of oxazole rings is 1. The first-order valence-corrected chi connectivity index (χ1v) is 8.68. The Balaban J connectivity index is 1.67. The van der Waals surface area contributed by atoms with Gasteiger partial charge in [-0.25, -0.2) is 4.98 Å². The summed E-state index contributed by atoms with van der Waals surface area (Å²) in [5, 5.41) is 0. The SMILES string of the molecule is COc1ccc2c(c1)N(C(=O)c1oc(CC3CC3)nc1C)CC(C)O2.